The van der Waals surface area contributed by atoms with Crippen LogP contribution >= 0.6 is 0 Å². The minimum Gasteiger partial charge on any atom is -0.374 e. The van der Waals surface area contributed by atoms with Crippen molar-refractivity contribution in [2.45, 2.75) is 12.0 Å². The number of hydrogen-bond acceptors (Lipinski definition) is 2. The number of rotatable bonds is 4. The smallest absolute Gasteiger partial charge is 0.374 e. The van der Waals surface area contributed by atoms with Crippen LogP contribution in [0, 0.1) is 0 Å². The van der Waals surface area contributed by atoms with Gasteiger partial charge in [-0.25, -0.2) is 9.90 Å². The lowest BCUT2D eigenvalue weighted by Gasteiger charge is -2.22. The summed E-state index contributed by atoms with van der Waals surface area (Å²) in [6.07, 6.45) is -0.0137. The third-order valence-electron chi connectivity index (χ3n) is 2.89. The summed E-state index contributed by atoms with van der Waals surface area (Å²) in [5, 5.41) is 21.6. The van der Waals surface area contributed by atoms with Crippen LogP contribution < -0.4 is 0 Å². The van der Waals surface area contributed by atoms with E-state index in [1.165, 1.54) is 0 Å². The van der Waals surface area contributed by atoms with Gasteiger partial charge in [0.25, 0.3) is 0 Å². The molecule has 1 radical (unpaired) electrons. The highest BCUT2D eigenvalue weighted by molar-refractivity contribution is 5.79. The topological polar surface area (TPSA) is 57.2 Å². The first-order chi connectivity index (χ1) is 8.63. The molecule has 18 heavy (non-hydrogen) atoms. The number of aliphatic hydroxyl groups is 1. The summed E-state index contributed by atoms with van der Waals surface area (Å²) in [4.78, 5) is 11.3. The van der Waals surface area contributed by atoms with E-state index >= 15 is 0 Å². The Morgan fingerprint density at radius 1 is 0.944 bits per heavy atom. The molecule has 0 heterocycles. The second-order valence-corrected chi connectivity index (χ2v) is 4.18. The molecule has 2 aromatic rings. The Hall–Kier alpha value is -2.13. The van der Waals surface area contributed by atoms with E-state index in [0.29, 0.717) is 5.56 Å². The molecule has 0 aliphatic rings. The van der Waals surface area contributed by atoms with Crippen molar-refractivity contribution >= 4 is 5.97 Å². The summed E-state index contributed by atoms with van der Waals surface area (Å²) >= 11 is 0. The minimum absolute atomic E-state index is 0.0137. The molecule has 2 aromatic carbocycles. The second kappa shape index (κ2) is 5.02. The molecule has 0 aromatic heterocycles. The molecule has 1 unspecified atom stereocenters. The van der Waals surface area contributed by atoms with Crippen LogP contribution in [0.1, 0.15) is 11.1 Å². The van der Waals surface area contributed by atoms with Crippen LogP contribution in [-0.2, 0) is 21.9 Å². The van der Waals surface area contributed by atoms with Crippen molar-refractivity contribution in [3.63, 3.8) is 0 Å². The summed E-state index contributed by atoms with van der Waals surface area (Å²) in [5.74, 6) is -1.49. The normalized spacial score (nSPS) is 13.8. The first-order valence-electron chi connectivity index (χ1n) is 5.66. The first kappa shape index (κ1) is 12.3. The monoisotopic (exact) mass is 241 g/mol. The fourth-order valence-corrected chi connectivity index (χ4v) is 1.90. The van der Waals surface area contributed by atoms with Crippen LogP contribution in [0.5, 0.6) is 0 Å². The van der Waals surface area contributed by atoms with E-state index < -0.39 is 11.6 Å². The molecule has 0 bridgehead atoms. The fourth-order valence-electron chi connectivity index (χ4n) is 1.90. The molecule has 0 aliphatic carbocycles. The predicted octanol–water partition coefficient (Wildman–Crippen LogP) is 2.07. The molecule has 0 aliphatic heterocycles. The van der Waals surface area contributed by atoms with Gasteiger partial charge in [0.1, 0.15) is 0 Å². The van der Waals surface area contributed by atoms with Crippen LogP contribution in [0.4, 0.5) is 0 Å². The quantitative estimate of drug-likeness (QED) is 0.890. The van der Waals surface area contributed by atoms with E-state index in [9.17, 15) is 15.0 Å². The second-order valence-electron chi connectivity index (χ2n) is 4.18. The van der Waals surface area contributed by atoms with Crippen molar-refractivity contribution in [3.8, 4) is 0 Å². The lowest BCUT2D eigenvalue weighted by atomic mass is 9.87. The molecule has 2 rings (SSSR count). The van der Waals surface area contributed by atoms with Gasteiger partial charge in [-0.15, -0.1) is 0 Å². The summed E-state index contributed by atoms with van der Waals surface area (Å²) < 4.78 is 0. The summed E-state index contributed by atoms with van der Waals surface area (Å²) in [5.41, 5.74) is -0.926. The van der Waals surface area contributed by atoms with Gasteiger partial charge in [-0.2, -0.15) is 0 Å². The van der Waals surface area contributed by atoms with Crippen molar-refractivity contribution in [1.82, 2.24) is 0 Å². The summed E-state index contributed by atoms with van der Waals surface area (Å²) in [6, 6.07) is 17.3. The van der Waals surface area contributed by atoms with Gasteiger partial charge in [-0.05, 0) is 11.1 Å². The van der Waals surface area contributed by atoms with Crippen molar-refractivity contribution < 1.29 is 15.0 Å². The standard InChI is InChI=1S/C15H13O3/c16-14(17)15(18,13-9-5-2-6-10-13)11-12-7-3-1-4-8-12/h1-10,18H,11H2. The van der Waals surface area contributed by atoms with Gasteiger partial charge in [-0.1, -0.05) is 60.7 Å². The average molecular weight is 241 g/mol. The number of carbonyl (C=O) groups excluding carboxylic acids is 1. The van der Waals surface area contributed by atoms with Gasteiger partial charge in [0.15, 0.2) is 5.60 Å². The number of hydrogen-bond donors (Lipinski definition) is 1. The van der Waals surface area contributed by atoms with E-state index in [2.05, 4.69) is 0 Å². The van der Waals surface area contributed by atoms with E-state index in [-0.39, 0.29) is 6.42 Å². The maximum atomic E-state index is 11.3. The molecule has 0 spiro atoms. The Bertz CT molecular complexity index is 522. The molecule has 3 nitrogen and oxygen atoms in total. The zero-order valence-corrected chi connectivity index (χ0v) is 9.74. The Morgan fingerprint density at radius 2 is 1.44 bits per heavy atom. The predicted molar refractivity (Wildman–Crippen MR) is 66.2 cm³/mol. The molecule has 0 fully saturated rings. The first-order valence-corrected chi connectivity index (χ1v) is 5.66. The molecule has 1 atom stereocenters. The Morgan fingerprint density at radius 3 is 1.94 bits per heavy atom. The summed E-state index contributed by atoms with van der Waals surface area (Å²) in [6.45, 7) is 0. The molecule has 1 N–H and O–H groups in total. The Labute approximate surface area is 105 Å². The van der Waals surface area contributed by atoms with Crippen molar-refractivity contribution in [2.75, 3.05) is 0 Å². The van der Waals surface area contributed by atoms with Gasteiger partial charge in [0.2, 0.25) is 0 Å². The van der Waals surface area contributed by atoms with Gasteiger partial charge in [0.05, 0.1) is 0 Å². The SMILES string of the molecule is [O]C(=O)C(O)(Cc1ccccc1)c1ccccc1. The van der Waals surface area contributed by atoms with Gasteiger partial charge >= 0.3 is 5.97 Å². The number of benzene rings is 2. The van der Waals surface area contributed by atoms with E-state index in [0.717, 1.165) is 5.56 Å². The largest absolute Gasteiger partial charge is 0.391 e. The van der Waals surface area contributed by atoms with E-state index in [4.69, 9.17) is 0 Å². The highest BCUT2D eigenvalue weighted by Crippen LogP contribution is 2.26. The number of carbonyl (C=O) groups is 1. The third kappa shape index (κ3) is 2.41. The third-order valence-corrected chi connectivity index (χ3v) is 2.89. The maximum absolute atomic E-state index is 11.3. The molecule has 91 valence electrons. The summed E-state index contributed by atoms with van der Waals surface area (Å²) in [7, 11) is 0. The molecule has 0 amide bonds. The van der Waals surface area contributed by atoms with Crippen LogP contribution in [0.3, 0.4) is 0 Å². The Balaban J connectivity index is 2.37. The molecular weight excluding hydrogens is 228 g/mol. The van der Waals surface area contributed by atoms with Crippen LogP contribution in [-0.4, -0.2) is 11.1 Å². The van der Waals surface area contributed by atoms with E-state index in [1.54, 1.807) is 54.6 Å². The lowest BCUT2D eigenvalue weighted by molar-refractivity contribution is -0.166. The minimum atomic E-state index is -2.00. The van der Waals surface area contributed by atoms with Gasteiger partial charge in [0, 0.05) is 6.42 Å². The van der Waals surface area contributed by atoms with Crippen LogP contribution in [0.25, 0.3) is 0 Å². The van der Waals surface area contributed by atoms with Crippen LogP contribution in [0.2, 0.25) is 0 Å². The molecule has 0 saturated carbocycles. The van der Waals surface area contributed by atoms with Gasteiger partial charge < -0.3 is 5.11 Å². The van der Waals surface area contributed by atoms with Crippen molar-refractivity contribution in [2.24, 2.45) is 0 Å². The molecule has 0 saturated heterocycles. The highest BCUT2D eigenvalue weighted by Gasteiger charge is 2.39. The highest BCUT2D eigenvalue weighted by atomic mass is 16.4. The molecular formula is C15H13O3. The van der Waals surface area contributed by atoms with E-state index in [1.807, 2.05) is 6.07 Å². The van der Waals surface area contributed by atoms with Crippen molar-refractivity contribution in [1.29, 1.82) is 0 Å². The Kier molecular flexibility index (Phi) is 3.44. The zero-order chi connectivity index (χ0) is 13.0. The van der Waals surface area contributed by atoms with Crippen molar-refractivity contribution in [3.05, 3.63) is 71.8 Å². The van der Waals surface area contributed by atoms with Crippen LogP contribution in [0.15, 0.2) is 60.7 Å². The van der Waals surface area contributed by atoms with Gasteiger partial charge in [-0.3, -0.25) is 0 Å². The molecule has 3 heteroatoms. The lowest BCUT2D eigenvalue weighted by Crippen LogP contribution is -2.37. The average Bonchev–Trinajstić information content (AvgIpc) is 2.40. The maximum Gasteiger partial charge on any atom is 0.391 e. The fraction of sp³-hybridized carbons (Fsp3) is 0.133. The zero-order valence-electron chi connectivity index (χ0n) is 9.74.